The number of rotatable bonds is 11. The first-order valence-electron chi connectivity index (χ1n) is 11.0. The van der Waals surface area contributed by atoms with Crippen LogP contribution < -0.4 is 10.2 Å². The van der Waals surface area contributed by atoms with E-state index in [0.717, 1.165) is 34.4 Å². The standard InChI is InChI=1S/C26H30N2O4/c1-2-31-26(29)20-23(22-11-4-3-5-12-22)18-21-10-8-13-24(19-21)32-17-9-15-27-25-14-6-7-16-28(25)30/h3-8,10-14,16,19,23,30H,2,9,15,17-18,20H2,1H3. The van der Waals surface area contributed by atoms with Crippen molar-refractivity contribution in [1.82, 2.24) is 4.73 Å². The minimum Gasteiger partial charge on any atom is -0.494 e. The summed E-state index contributed by atoms with van der Waals surface area (Å²) in [5.41, 5.74) is 2.74. The highest BCUT2D eigenvalue weighted by Crippen LogP contribution is 2.26. The highest BCUT2D eigenvalue weighted by molar-refractivity contribution is 5.70. The lowest BCUT2D eigenvalue weighted by Gasteiger charge is -2.17. The molecule has 0 aliphatic heterocycles. The maximum Gasteiger partial charge on any atom is 0.306 e. The summed E-state index contributed by atoms with van der Waals surface area (Å²) in [6, 6.07) is 23.4. The topological polar surface area (TPSA) is 73.0 Å². The van der Waals surface area contributed by atoms with Crippen LogP contribution in [0.3, 0.4) is 0 Å². The molecule has 3 rings (SSSR count). The first kappa shape index (κ1) is 23.1. The van der Waals surface area contributed by atoms with E-state index in [4.69, 9.17) is 9.47 Å². The molecule has 32 heavy (non-hydrogen) atoms. The molecule has 6 nitrogen and oxygen atoms in total. The van der Waals surface area contributed by atoms with E-state index >= 15 is 0 Å². The minimum absolute atomic E-state index is 0.0420. The Bertz CT molecular complexity index is 1050. The summed E-state index contributed by atoms with van der Waals surface area (Å²) in [5.74, 6) is 0.655. The fourth-order valence-corrected chi connectivity index (χ4v) is 3.50. The van der Waals surface area contributed by atoms with E-state index in [1.54, 1.807) is 18.3 Å². The molecule has 168 valence electrons. The number of pyridine rings is 1. The maximum absolute atomic E-state index is 12.1. The zero-order chi connectivity index (χ0) is 22.6. The molecule has 0 bridgehead atoms. The fourth-order valence-electron chi connectivity index (χ4n) is 3.50. The molecule has 0 aliphatic rings. The second kappa shape index (κ2) is 12.3. The average Bonchev–Trinajstić information content (AvgIpc) is 2.81. The van der Waals surface area contributed by atoms with Crippen molar-refractivity contribution in [2.75, 3.05) is 19.8 Å². The van der Waals surface area contributed by atoms with Gasteiger partial charge in [-0.05, 0) is 54.7 Å². The molecule has 2 aromatic carbocycles. The highest BCUT2D eigenvalue weighted by atomic mass is 16.5. The smallest absolute Gasteiger partial charge is 0.306 e. The van der Waals surface area contributed by atoms with Gasteiger partial charge < -0.3 is 14.7 Å². The van der Waals surface area contributed by atoms with E-state index in [1.165, 1.54) is 0 Å². The lowest BCUT2D eigenvalue weighted by molar-refractivity contribution is -0.143. The molecule has 0 fully saturated rings. The molecule has 0 aliphatic carbocycles. The van der Waals surface area contributed by atoms with E-state index < -0.39 is 0 Å². The molecule has 0 saturated heterocycles. The lowest BCUT2D eigenvalue weighted by atomic mass is 9.89. The van der Waals surface area contributed by atoms with Crippen LogP contribution in [0.1, 0.15) is 36.8 Å². The van der Waals surface area contributed by atoms with E-state index in [0.29, 0.717) is 31.7 Å². The van der Waals surface area contributed by atoms with E-state index in [2.05, 4.69) is 23.2 Å². The van der Waals surface area contributed by atoms with Gasteiger partial charge in [0.25, 0.3) is 0 Å². The lowest BCUT2D eigenvalue weighted by Crippen LogP contribution is -2.17. The van der Waals surface area contributed by atoms with Gasteiger partial charge in [0, 0.05) is 19.2 Å². The van der Waals surface area contributed by atoms with Crippen molar-refractivity contribution in [1.29, 1.82) is 0 Å². The summed E-state index contributed by atoms with van der Waals surface area (Å²) in [6.07, 6.45) is 3.34. The molecular weight excluding hydrogens is 404 g/mol. The summed E-state index contributed by atoms with van der Waals surface area (Å²) < 4.78 is 12.1. The van der Waals surface area contributed by atoms with Crippen LogP contribution >= 0.6 is 0 Å². The number of carbonyl (C=O) groups excluding carboxylic acids is 1. The Morgan fingerprint density at radius 3 is 2.66 bits per heavy atom. The third-order valence-corrected chi connectivity index (χ3v) is 5.03. The molecule has 6 heteroatoms. The van der Waals surface area contributed by atoms with Gasteiger partial charge >= 0.3 is 5.97 Å². The van der Waals surface area contributed by atoms with Gasteiger partial charge in [-0.1, -0.05) is 48.5 Å². The normalized spacial score (nSPS) is 12.3. The van der Waals surface area contributed by atoms with Gasteiger partial charge in [-0.25, -0.2) is 0 Å². The zero-order valence-corrected chi connectivity index (χ0v) is 18.4. The Kier molecular flexibility index (Phi) is 8.92. The van der Waals surface area contributed by atoms with E-state index in [9.17, 15) is 10.0 Å². The van der Waals surface area contributed by atoms with Gasteiger partial charge in [0.05, 0.1) is 19.6 Å². The molecule has 1 N–H and O–H groups in total. The van der Waals surface area contributed by atoms with Crippen molar-refractivity contribution in [3.8, 4) is 5.75 Å². The quantitative estimate of drug-likeness (QED) is 0.276. The van der Waals surface area contributed by atoms with Crippen LogP contribution in [0.5, 0.6) is 5.75 Å². The monoisotopic (exact) mass is 434 g/mol. The van der Waals surface area contributed by atoms with Crippen LogP contribution in [0.4, 0.5) is 0 Å². The van der Waals surface area contributed by atoms with E-state index in [1.807, 2.05) is 49.4 Å². The average molecular weight is 435 g/mol. The van der Waals surface area contributed by atoms with Gasteiger partial charge in [-0.3, -0.25) is 9.79 Å². The van der Waals surface area contributed by atoms with Gasteiger partial charge in [-0.2, -0.15) is 4.73 Å². The number of ether oxygens (including phenoxy) is 2. The van der Waals surface area contributed by atoms with Crippen LogP contribution in [-0.2, 0) is 16.0 Å². The molecule has 0 saturated carbocycles. The largest absolute Gasteiger partial charge is 0.494 e. The predicted octanol–water partition coefficient (Wildman–Crippen LogP) is 4.37. The predicted molar refractivity (Wildman–Crippen MR) is 123 cm³/mol. The van der Waals surface area contributed by atoms with Crippen LogP contribution in [0.25, 0.3) is 0 Å². The Labute approximate surface area is 188 Å². The number of hydrogen-bond donors (Lipinski definition) is 1. The SMILES string of the molecule is CCOC(=O)CC(Cc1cccc(OCCCN=c2ccccn2O)c1)c1ccccc1. The number of esters is 1. The van der Waals surface area contributed by atoms with Gasteiger partial charge in [0.2, 0.25) is 0 Å². The van der Waals surface area contributed by atoms with Crippen LogP contribution in [0.15, 0.2) is 84.0 Å². The first-order chi connectivity index (χ1) is 15.7. The molecule has 0 spiro atoms. The molecule has 0 radical (unpaired) electrons. The van der Waals surface area contributed by atoms with Crippen molar-refractivity contribution in [3.63, 3.8) is 0 Å². The summed E-state index contributed by atoms with van der Waals surface area (Å²) in [4.78, 5) is 16.5. The van der Waals surface area contributed by atoms with Crippen molar-refractivity contribution >= 4 is 5.97 Å². The Balaban J connectivity index is 1.58. The molecule has 0 amide bonds. The highest BCUT2D eigenvalue weighted by Gasteiger charge is 2.18. The number of hydrogen-bond acceptors (Lipinski definition) is 5. The summed E-state index contributed by atoms with van der Waals surface area (Å²) >= 11 is 0. The van der Waals surface area contributed by atoms with Gasteiger partial charge in [0.15, 0.2) is 5.49 Å². The van der Waals surface area contributed by atoms with Crippen molar-refractivity contribution in [2.45, 2.75) is 32.1 Å². The molecule has 1 aromatic heterocycles. The van der Waals surface area contributed by atoms with E-state index in [-0.39, 0.29) is 11.9 Å². The first-order valence-corrected chi connectivity index (χ1v) is 11.0. The Hall–Kier alpha value is -3.54. The second-order valence-corrected chi connectivity index (χ2v) is 7.46. The Morgan fingerprint density at radius 1 is 1.06 bits per heavy atom. The number of aromatic nitrogens is 1. The third-order valence-electron chi connectivity index (χ3n) is 5.03. The zero-order valence-electron chi connectivity index (χ0n) is 18.4. The minimum atomic E-state index is -0.180. The number of benzene rings is 2. The second-order valence-electron chi connectivity index (χ2n) is 7.46. The van der Waals surface area contributed by atoms with Crippen molar-refractivity contribution < 1.29 is 19.5 Å². The van der Waals surface area contributed by atoms with Crippen LogP contribution in [-0.4, -0.2) is 35.7 Å². The van der Waals surface area contributed by atoms with Gasteiger partial charge in [-0.15, -0.1) is 0 Å². The molecular formula is C26H30N2O4. The Morgan fingerprint density at radius 2 is 1.88 bits per heavy atom. The molecule has 1 heterocycles. The van der Waals surface area contributed by atoms with Crippen molar-refractivity contribution in [2.24, 2.45) is 4.99 Å². The van der Waals surface area contributed by atoms with Crippen LogP contribution in [0, 0.1) is 0 Å². The van der Waals surface area contributed by atoms with Crippen LogP contribution in [0.2, 0.25) is 0 Å². The van der Waals surface area contributed by atoms with Crippen molar-refractivity contribution in [3.05, 3.63) is 95.6 Å². The third kappa shape index (κ3) is 7.30. The molecule has 1 unspecified atom stereocenters. The summed E-state index contributed by atoms with van der Waals surface area (Å²) in [7, 11) is 0. The fraction of sp³-hybridized carbons (Fsp3) is 0.308. The summed E-state index contributed by atoms with van der Waals surface area (Å²) in [5, 5.41) is 9.68. The van der Waals surface area contributed by atoms with Gasteiger partial charge in [0.1, 0.15) is 5.75 Å². The molecule has 3 aromatic rings. The maximum atomic E-state index is 12.1. The summed E-state index contributed by atoms with van der Waals surface area (Å²) in [6.45, 7) is 3.29. The number of carbonyl (C=O) groups is 1. The molecule has 1 atom stereocenters. The number of nitrogens with zero attached hydrogens (tertiary/aromatic N) is 2.